The number of rotatable bonds is 4. The summed E-state index contributed by atoms with van der Waals surface area (Å²) in [4.78, 5) is 12.3. The Morgan fingerprint density at radius 2 is 1.65 bits per heavy atom. The van der Waals surface area contributed by atoms with Crippen LogP contribution >= 0.6 is 0 Å². The average Bonchev–Trinajstić information content (AvgIpc) is 2.20. The molecule has 0 aromatic carbocycles. The van der Waals surface area contributed by atoms with Gasteiger partial charge in [-0.05, 0) is 45.8 Å². The van der Waals surface area contributed by atoms with Gasteiger partial charge in [0.1, 0.15) is 5.60 Å². The van der Waals surface area contributed by atoms with Crippen molar-refractivity contribution in [2.75, 3.05) is 6.61 Å². The SMILES string of the molecule is C[C@@H](CO)N(O[Si](C)(C)C(C)(C)C)C(=O)OC(C)(C)C. The normalized spacial score (nSPS) is 14.9. The minimum absolute atomic E-state index is 0.0392. The van der Waals surface area contributed by atoms with Crippen LogP contribution < -0.4 is 0 Å². The predicted molar refractivity (Wildman–Crippen MR) is 82.9 cm³/mol. The van der Waals surface area contributed by atoms with Gasteiger partial charge in [0.15, 0.2) is 0 Å². The molecule has 0 aromatic heterocycles. The van der Waals surface area contributed by atoms with E-state index in [1.807, 2.05) is 0 Å². The van der Waals surface area contributed by atoms with Crippen molar-refractivity contribution in [1.29, 1.82) is 0 Å². The van der Waals surface area contributed by atoms with E-state index in [0.29, 0.717) is 0 Å². The Morgan fingerprint density at radius 3 is 1.95 bits per heavy atom. The van der Waals surface area contributed by atoms with E-state index in [1.165, 1.54) is 5.06 Å². The van der Waals surface area contributed by atoms with E-state index in [1.54, 1.807) is 27.7 Å². The lowest BCUT2D eigenvalue weighted by Crippen LogP contribution is -2.53. The minimum atomic E-state index is -2.17. The van der Waals surface area contributed by atoms with E-state index in [-0.39, 0.29) is 11.6 Å². The number of hydrogen-bond acceptors (Lipinski definition) is 4. The first-order chi connectivity index (χ1) is 8.71. The Labute approximate surface area is 124 Å². The summed E-state index contributed by atoms with van der Waals surface area (Å²) in [6, 6.07) is -0.445. The molecule has 1 N–H and O–H groups in total. The maximum absolute atomic E-state index is 12.3. The van der Waals surface area contributed by atoms with Gasteiger partial charge in [-0.1, -0.05) is 20.8 Å². The third-order valence-corrected chi connectivity index (χ3v) is 7.64. The predicted octanol–water partition coefficient (Wildman–Crippen LogP) is 3.54. The molecule has 0 saturated carbocycles. The number of amides is 1. The lowest BCUT2D eigenvalue weighted by atomic mass is 10.2. The molecule has 1 atom stereocenters. The zero-order chi connectivity index (χ0) is 16.4. The third kappa shape index (κ3) is 5.81. The van der Waals surface area contributed by atoms with Gasteiger partial charge in [0.05, 0.1) is 12.6 Å². The van der Waals surface area contributed by atoms with Crippen LogP contribution in [-0.4, -0.2) is 42.8 Å². The first kappa shape index (κ1) is 19.4. The van der Waals surface area contributed by atoms with E-state index in [0.717, 1.165) is 0 Å². The van der Waals surface area contributed by atoms with Gasteiger partial charge in [-0.2, -0.15) is 5.06 Å². The highest BCUT2D eigenvalue weighted by atomic mass is 28.4. The topological polar surface area (TPSA) is 59.0 Å². The van der Waals surface area contributed by atoms with Crippen molar-refractivity contribution in [2.45, 2.75) is 78.2 Å². The van der Waals surface area contributed by atoms with Gasteiger partial charge in [-0.3, -0.25) is 0 Å². The number of carbonyl (C=O) groups is 1. The monoisotopic (exact) mass is 305 g/mol. The molecule has 0 aliphatic heterocycles. The second-order valence-corrected chi connectivity index (χ2v) is 12.4. The second kappa shape index (κ2) is 6.45. The molecular formula is C14H31NO4Si. The zero-order valence-electron chi connectivity index (χ0n) is 14.4. The van der Waals surface area contributed by atoms with Crippen LogP contribution in [0.25, 0.3) is 0 Å². The number of aliphatic hydroxyl groups excluding tert-OH is 1. The highest BCUT2D eigenvalue weighted by Gasteiger charge is 2.42. The first-order valence-corrected chi connectivity index (χ1v) is 9.94. The van der Waals surface area contributed by atoms with E-state index in [9.17, 15) is 9.90 Å². The molecule has 0 fully saturated rings. The first-order valence-electron chi connectivity index (χ1n) is 7.03. The highest BCUT2D eigenvalue weighted by Crippen LogP contribution is 2.37. The molecule has 0 aliphatic carbocycles. The van der Waals surface area contributed by atoms with Crippen LogP contribution in [0.1, 0.15) is 48.5 Å². The summed E-state index contributed by atoms with van der Waals surface area (Å²) in [7, 11) is -2.17. The molecule has 0 unspecified atom stereocenters. The van der Waals surface area contributed by atoms with E-state index in [4.69, 9.17) is 9.26 Å². The lowest BCUT2D eigenvalue weighted by Gasteiger charge is -2.41. The Bertz CT molecular complexity index is 331. The van der Waals surface area contributed by atoms with E-state index < -0.39 is 26.1 Å². The maximum atomic E-state index is 12.3. The minimum Gasteiger partial charge on any atom is -0.442 e. The summed E-state index contributed by atoms with van der Waals surface area (Å²) in [5.74, 6) is 0. The number of ether oxygens (including phenoxy) is 1. The fraction of sp³-hybridized carbons (Fsp3) is 0.929. The van der Waals surface area contributed by atoms with Gasteiger partial charge in [0.25, 0.3) is 0 Å². The molecule has 0 bridgehead atoms. The Balaban J connectivity index is 5.15. The molecular weight excluding hydrogens is 274 g/mol. The van der Waals surface area contributed by atoms with Gasteiger partial charge in [0.2, 0.25) is 8.32 Å². The second-order valence-electron chi connectivity index (χ2n) is 7.69. The lowest BCUT2D eigenvalue weighted by molar-refractivity contribution is -0.111. The number of carbonyl (C=O) groups excluding carboxylic acids is 1. The molecule has 5 nitrogen and oxygen atoms in total. The van der Waals surface area contributed by atoms with Gasteiger partial charge in [-0.15, -0.1) is 0 Å². The quantitative estimate of drug-likeness (QED) is 0.637. The van der Waals surface area contributed by atoms with Gasteiger partial charge >= 0.3 is 6.09 Å². The maximum Gasteiger partial charge on any atom is 0.433 e. The molecule has 1 amide bonds. The fourth-order valence-corrected chi connectivity index (χ4v) is 2.09. The largest absolute Gasteiger partial charge is 0.442 e. The number of nitrogens with zero attached hydrogens (tertiary/aromatic N) is 1. The van der Waals surface area contributed by atoms with Crippen molar-refractivity contribution < 1.29 is 19.2 Å². The number of hydroxylamine groups is 2. The zero-order valence-corrected chi connectivity index (χ0v) is 15.4. The molecule has 0 aliphatic rings. The Hall–Kier alpha value is -0.593. The Morgan fingerprint density at radius 1 is 1.20 bits per heavy atom. The van der Waals surface area contributed by atoms with E-state index in [2.05, 4.69) is 33.9 Å². The van der Waals surface area contributed by atoms with Crippen LogP contribution in [0.4, 0.5) is 4.79 Å². The van der Waals surface area contributed by atoms with Crippen LogP contribution in [0.15, 0.2) is 0 Å². The third-order valence-electron chi connectivity index (χ3n) is 3.37. The molecule has 0 rings (SSSR count). The van der Waals surface area contributed by atoms with E-state index >= 15 is 0 Å². The smallest absolute Gasteiger partial charge is 0.433 e. The molecule has 0 saturated heterocycles. The highest BCUT2D eigenvalue weighted by molar-refractivity contribution is 6.74. The van der Waals surface area contributed by atoms with Crippen LogP contribution in [0.2, 0.25) is 18.1 Å². The number of hydrogen-bond donors (Lipinski definition) is 1. The molecule has 0 aromatic rings. The summed E-state index contributed by atoms with van der Waals surface area (Å²) in [6.45, 7) is 17.4. The molecule has 0 heterocycles. The van der Waals surface area contributed by atoms with Crippen LogP contribution in [-0.2, 0) is 9.26 Å². The molecule has 0 spiro atoms. The fourth-order valence-electron chi connectivity index (χ4n) is 1.07. The molecule has 0 radical (unpaired) electrons. The van der Waals surface area contributed by atoms with Crippen molar-refractivity contribution in [3.63, 3.8) is 0 Å². The van der Waals surface area contributed by atoms with Crippen molar-refractivity contribution >= 4 is 14.4 Å². The number of aliphatic hydroxyl groups is 1. The molecule has 6 heteroatoms. The Kier molecular flexibility index (Phi) is 6.26. The summed E-state index contributed by atoms with van der Waals surface area (Å²) in [5, 5.41) is 10.5. The van der Waals surface area contributed by atoms with Crippen molar-refractivity contribution in [3.8, 4) is 0 Å². The van der Waals surface area contributed by atoms with Gasteiger partial charge < -0.3 is 14.4 Å². The van der Waals surface area contributed by atoms with Crippen LogP contribution in [0.3, 0.4) is 0 Å². The molecule has 120 valence electrons. The average molecular weight is 305 g/mol. The van der Waals surface area contributed by atoms with Crippen molar-refractivity contribution in [3.05, 3.63) is 0 Å². The van der Waals surface area contributed by atoms with Crippen molar-refractivity contribution in [1.82, 2.24) is 5.06 Å². The summed E-state index contributed by atoms with van der Waals surface area (Å²) >= 11 is 0. The van der Waals surface area contributed by atoms with Crippen LogP contribution in [0, 0.1) is 0 Å². The van der Waals surface area contributed by atoms with Crippen molar-refractivity contribution in [2.24, 2.45) is 0 Å². The summed E-state index contributed by atoms with van der Waals surface area (Å²) < 4.78 is 11.4. The molecule has 20 heavy (non-hydrogen) atoms. The van der Waals surface area contributed by atoms with Gasteiger partial charge in [0, 0.05) is 0 Å². The summed E-state index contributed by atoms with van der Waals surface area (Å²) in [6.07, 6.45) is -0.552. The van der Waals surface area contributed by atoms with Crippen LogP contribution in [0.5, 0.6) is 0 Å². The van der Waals surface area contributed by atoms with Gasteiger partial charge in [-0.25, -0.2) is 4.79 Å². The summed E-state index contributed by atoms with van der Waals surface area (Å²) in [5.41, 5.74) is -0.596. The standard InChI is InChI=1S/C14H31NO4Si/c1-11(10-16)15(12(17)18-13(2,3)4)19-20(8,9)14(5,6)7/h11,16H,10H2,1-9H3/t11-/m0/s1.